The fourth-order valence-electron chi connectivity index (χ4n) is 3.55. The molecular formula is C18H19FN2O4. The van der Waals surface area contributed by atoms with Crippen molar-refractivity contribution >= 4 is 5.97 Å². The highest BCUT2D eigenvalue weighted by molar-refractivity contribution is 5.77. The van der Waals surface area contributed by atoms with Gasteiger partial charge in [0.15, 0.2) is 0 Å². The van der Waals surface area contributed by atoms with Gasteiger partial charge in [0.25, 0.3) is 5.56 Å². The predicted molar refractivity (Wildman–Crippen MR) is 88.6 cm³/mol. The lowest BCUT2D eigenvalue weighted by Crippen LogP contribution is -2.50. The second kappa shape index (κ2) is 6.33. The highest BCUT2D eigenvalue weighted by Crippen LogP contribution is 2.44. The number of carbonyl (C=O) groups is 1. The molecule has 1 aliphatic carbocycles. The van der Waals surface area contributed by atoms with E-state index in [1.165, 1.54) is 31.2 Å². The molecule has 2 aromatic rings. The van der Waals surface area contributed by atoms with Crippen molar-refractivity contribution in [2.45, 2.75) is 24.9 Å². The molecule has 6 nitrogen and oxygen atoms in total. The Balaban J connectivity index is 2.18. The number of esters is 1. The van der Waals surface area contributed by atoms with Gasteiger partial charge in [0.2, 0.25) is 0 Å². The number of rotatable bonds is 4. The molecule has 3 N–H and O–H groups in total. The summed E-state index contributed by atoms with van der Waals surface area (Å²) in [5.74, 6) is -3.04. The van der Waals surface area contributed by atoms with Gasteiger partial charge in [0, 0.05) is 23.6 Å². The number of benzene rings is 1. The van der Waals surface area contributed by atoms with Crippen LogP contribution in [0.1, 0.15) is 29.7 Å². The normalized spacial score (nSPS) is 25.2. The number of halogens is 1. The average Bonchev–Trinajstić information content (AvgIpc) is 2.90. The first kappa shape index (κ1) is 17.2. The maximum atomic E-state index is 13.8. The van der Waals surface area contributed by atoms with Crippen molar-refractivity contribution in [1.29, 1.82) is 0 Å². The van der Waals surface area contributed by atoms with E-state index in [4.69, 9.17) is 4.74 Å². The Kier molecular flexibility index (Phi) is 4.34. The fourth-order valence-corrected chi connectivity index (χ4v) is 3.55. The van der Waals surface area contributed by atoms with Crippen LogP contribution in [0.25, 0.3) is 0 Å². The molecule has 7 heteroatoms. The molecule has 0 fully saturated rings. The SMILES string of the molecule is C=CCOC(=O)[C@@H]1[C@@H](c2cccc(F)c2)c2c([nH][nH]c2=O)C[C@]1(C)O. The fraction of sp³-hybridized carbons (Fsp3) is 0.333. The van der Waals surface area contributed by atoms with Gasteiger partial charge in [-0.05, 0) is 24.6 Å². The van der Waals surface area contributed by atoms with Crippen LogP contribution < -0.4 is 5.56 Å². The van der Waals surface area contributed by atoms with Crippen molar-refractivity contribution in [3.63, 3.8) is 0 Å². The molecule has 0 radical (unpaired) electrons. The first-order valence-corrected chi connectivity index (χ1v) is 7.90. The highest BCUT2D eigenvalue weighted by Gasteiger charge is 2.51. The zero-order chi connectivity index (χ0) is 18.2. The van der Waals surface area contributed by atoms with E-state index in [-0.39, 0.29) is 13.0 Å². The van der Waals surface area contributed by atoms with Gasteiger partial charge in [-0.2, -0.15) is 0 Å². The molecule has 25 heavy (non-hydrogen) atoms. The predicted octanol–water partition coefficient (Wildman–Crippen LogP) is 1.63. The van der Waals surface area contributed by atoms with Crippen LogP contribution in [0.15, 0.2) is 41.7 Å². The minimum atomic E-state index is -1.48. The van der Waals surface area contributed by atoms with E-state index in [1.54, 1.807) is 6.07 Å². The van der Waals surface area contributed by atoms with Gasteiger partial charge >= 0.3 is 5.97 Å². The molecule has 1 aromatic heterocycles. The molecule has 0 saturated heterocycles. The third-order valence-corrected chi connectivity index (χ3v) is 4.55. The van der Waals surface area contributed by atoms with Gasteiger partial charge in [-0.1, -0.05) is 24.8 Å². The molecule has 0 bridgehead atoms. The zero-order valence-corrected chi connectivity index (χ0v) is 13.7. The largest absolute Gasteiger partial charge is 0.461 e. The summed E-state index contributed by atoms with van der Waals surface area (Å²) >= 11 is 0. The number of hydrogen-bond donors (Lipinski definition) is 3. The van der Waals surface area contributed by atoms with Crippen molar-refractivity contribution in [1.82, 2.24) is 10.2 Å². The Morgan fingerprint density at radius 2 is 2.28 bits per heavy atom. The Morgan fingerprint density at radius 3 is 2.96 bits per heavy atom. The summed E-state index contributed by atoms with van der Waals surface area (Å²) in [5.41, 5.74) is -0.643. The van der Waals surface area contributed by atoms with Gasteiger partial charge in [0.1, 0.15) is 12.4 Å². The Bertz CT molecular complexity index is 868. The third-order valence-electron chi connectivity index (χ3n) is 4.55. The molecular weight excluding hydrogens is 327 g/mol. The summed E-state index contributed by atoms with van der Waals surface area (Å²) in [6.07, 6.45) is 1.49. The number of fused-ring (bicyclic) bond motifs is 1. The van der Waals surface area contributed by atoms with Crippen LogP contribution in [0.3, 0.4) is 0 Å². The molecule has 0 unspecified atom stereocenters. The Morgan fingerprint density at radius 1 is 1.52 bits per heavy atom. The monoisotopic (exact) mass is 346 g/mol. The first-order valence-electron chi connectivity index (χ1n) is 7.90. The Labute approximate surface area is 143 Å². The Hall–Kier alpha value is -2.67. The summed E-state index contributed by atoms with van der Waals surface area (Å²) in [5, 5.41) is 16.1. The van der Waals surface area contributed by atoms with E-state index in [0.29, 0.717) is 16.8 Å². The van der Waals surface area contributed by atoms with Crippen LogP contribution in [0.4, 0.5) is 4.39 Å². The smallest absolute Gasteiger partial charge is 0.313 e. The van der Waals surface area contributed by atoms with E-state index < -0.39 is 34.8 Å². The summed E-state index contributed by atoms with van der Waals surface area (Å²) in [4.78, 5) is 24.9. The maximum absolute atomic E-state index is 13.8. The quantitative estimate of drug-likeness (QED) is 0.579. The first-order chi connectivity index (χ1) is 11.8. The second-order valence-corrected chi connectivity index (χ2v) is 6.43. The van der Waals surface area contributed by atoms with Gasteiger partial charge in [-0.3, -0.25) is 14.7 Å². The zero-order valence-electron chi connectivity index (χ0n) is 13.7. The molecule has 1 aromatic carbocycles. The molecule has 132 valence electrons. The molecule has 0 aliphatic heterocycles. The van der Waals surface area contributed by atoms with Gasteiger partial charge in [-0.15, -0.1) is 0 Å². The summed E-state index contributed by atoms with van der Waals surface area (Å²) in [6, 6.07) is 5.66. The van der Waals surface area contributed by atoms with Crippen molar-refractivity contribution in [3.05, 3.63) is 69.9 Å². The summed E-state index contributed by atoms with van der Waals surface area (Å²) in [7, 11) is 0. The minimum Gasteiger partial charge on any atom is -0.461 e. The lowest BCUT2D eigenvalue weighted by atomic mass is 9.66. The number of aromatic nitrogens is 2. The minimum absolute atomic E-state index is 0.0162. The number of carbonyl (C=O) groups excluding carboxylic acids is 1. The molecule has 0 spiro atoms. The molecule has 3 rings (SSSR count). The van der Waals surface area contributed by atoms with Crippen molar-refractivity contribution < 1.29 is 19.0 Å². The molecule has 1 aliphatic rings. The number of aromatic amines is 2. The highest BCUT2D eigenvalue weighted by atomic mass is 19.1. The molecule has 3 atom stereocenters. The topological polar surface area (TPSA) is 95.2 Å². The summed E-state index contributed by atoms with van der Waals surface area (Å²) < 4.78 is 18.9. The maximum Gasteiger partial charge on any atom is 0.313 e. The summed E-state index contributed by atoms with van der Waals surface area (Å²) in [6.45, 7) is 4.99. The molecule has 1 heterocycles. The van der Waals surface area contributed by atoms with E-state index in [0.717, 1.165) is 0 Å². The van der Waals surface area contributed by atoms with Gasteiger partial charge in [0.05, 0.1) is 11.5 Å². The van der Waals surface area contributed by atoms with E-state index in [2.05, 4.69) is 16.8 Å². The number of H-pyrrole nitrogens is 2. The lowest BCUT2D eigenvalue weighted by molar-refractivity contribution is -0.158. The van der Waals surface area contributed by atoms with Crippen LogP contribution in [0.2, 0.25) is 0 Å². The third kappa shape index (κ3) is 3.02. The molecule has 0 amide bonds. The van der Waals surface area contributed by atoms with Crippen molar-refractivity contribution in [3.8, 4) is 0 Å². The van der Waals surface area contributed by atoms with Crippen molar-refractivity contribution in [2.75, 3.05) is 6.61 Å². The number of ether oxygens (including phenoxy) is 1. The van der Waals surface area contributed by atoms with Crippen LogP contribution in [0.5, 0.6) is 0 Å². The van der Waals surface area contributed by atoms with Crippen LogP contribution in [0, 0.1) is 11.7 Å². The number of aliphatic hydroxyl groups is 1. The van der Waals surface area contributed by atoms with Gasteiger partial charge in [-0.25, -0.2) is 4.39 Å². The number of nitrogens with one attached hydrogen (secondary N) is 2. The second-order valence-electron chi connectivity index (χ2n) is 6.43. The van der Waals surface area contributed by atoms with Gasteiger partial charge < -0.3 is 14.9 Å². The average molecular weight is 346 g/mol. The van der Waals surface area contributed by atoms with Crippen LogP contribution in [-0.4, -0.2) is 33.5 Å². The number of hydrogen-bond acceptors (Lipinski definition) is 4. The lowest BCUT2D eigenvalue weighted by Gasteiger charge is -2.40. The standard InChI is InChI=1S/C18H19FN2O4/c1-3-7-25-17(23)15-13(10-5-4-6-11(19)8-10)14-12(9-18(15,2)24)20-21-16(14)22/h3-6,8,13,15,24H,1,7,9H2,2H3,(H2,20,21,22)/t13-,15-,18-/m0/s1. The van der Waals surface area contributed by atoms with Crippen LogP contribution in [-0.2, 0) is 16.0 Å². The van der Waals surface area contributed by atoms with Crippen molar-refractivity contribution in [2.24, 2.45) is 5.92 Å². The van der Waals surface area contributed by atoms with E-state index in [1.807, 2.05) is 0 Å². The van der Waals surface area contributed by atoms with E-state index in [9.17, 15) is 19.1 Å². The van der Waals surface area contributed by atoms with Crippen LogP contribution >= 0.6 is 0 Å². The molecule has 0 saturated carbocycles. The van der Waals surface area contributed by atoms with E-state index >= 15 is 0 Å².